The standard InChI is InChI=1S/C25H24ClFN2O3/c1-16(24(30)29-10-2-8-25(13-29)14-31-15-25)32-18-4-6-21-19(7-9-28-23(21)12-18)20-5-3-17(27)11-22(20)26/h3-7,9,11-12,16H,2,8,10,13-15H2,1H3/t16-/m1/s1. The van der Waals surface area contributed by atoms with Crippen molar-refractivity contribution in [1.29, 1.82) is 0 Å². The van der Waals surface area contributed by atoms with Crippen molar-refractivity contribution >= 4 is 28.4 Å². The Morgan fingerprint density at radius 3 is 2.81 bits per heavy atom. The molecule has 5 nitrogen and oxygen atoms in total. The number of hydrogen-bond donors (Lipinski definition) is 0. The molecule has 1 atom stereocenters. The molecular weight excluding hydrogens is 431 g/mol. The minimum absolute atomic E-state index is 0.00382. The molecule has 0 N–H and O–H groups in total. The fourth-order valence-corrected chi connectivity index (χ4v) is 4.95. The Labute approximate surface area is 191 Å². The summed E-state index contributed by atoms with van der Waals surface area (Å²) in [7, 11) is 0. The van der Waals surface area contributed by atoms with Gasteiger partial charge in [0.2, 0.25) is 0 Å². The normalized spacial score (nSPS) is 18.4. The topological polar surface area (TPSA) is 51.7 Å². The molecule has 2 aromatic carbocycles. The van der Waals surface area contributed by atoms with Crippen LogP contribution in [0.3, 0.4) is 0 Å². The molecule has 7 heteroatoms. The van der Waals surface area contributed by atoms with Gasteiger partial charge in [-0.2, -0.15) is 0 Å². The first-order valence-corrected chi connectivity index (χ1v) is 11.2. The Morgan fingerprint density at radius 2 is 2.06 bits per heavy atom. The van der Waals surface area contributed by atoms with E-state index < -0.39 is 6.10 Å². The zero-order chi connectivity index (χ0) is 22.3. The molecule has 0 saturated carbocycles. The maximum absolute atomic E-state index is 13.5. The average molecular weight is 455 g/mol. The molecule has 2 saturated heterocycles. The summed E-state index contributed by atoms with van der Waals surface area (Å²) in [6, 6.07) is 11.7. The van der Waals surface area contributed by atoms with Crippen LogP contribution in [0.15, 0.2) is 48.7 Å². The summed E-state index contributed by atoms with van der Waals surface area (Å²) < 4.78 is 24.9. The Balaban J connectivity index is 1.35. The quantitative estimate of drug-likeness (QED) is 0.550. The van der Waals surface area contributed by atoms with Crippen LogP contribution in [0.5, 0.6) is 5.75 Å². The molecule has 2 fully saturated rings. The number of piperidine rings is 1. The van der Waals surface area contributed by atoms with Crippen LogP contribution in [0.2, 0.25) is 5.02 Å². The summed E-state index contributed by atoms with van der Waals surface area (Å²) in [5.74, 6) is 0.193. The predicted molar refractivity (Wildman–Crippen MR) is 121 cm³/mol. The van der Waals surface area contributed by atoms with E-state index in [1.807, 2.05) is 29.2 Å². The van der Waals surface area contributed by atoms with Crippen molar-refractivity contribution in [2.45, 2.75) is 25.9 Å². The zero-order valence-electron chi connectivity index (χ0n) is 17.8. The molecule has 2 aliphatic heterocycles. The summed E-state index contributed by atoms with van der Waals surface area (Å²) in [6.45, 7) is 4.76. The second-order valence-corrected chi connectivity index (χ2v) is 9.19. The molecule has 1 amide bonds. The van der Waals surface area contributed by atoms with Gasteiger partial charge in [-0.25, -0.2) is 4.39 Å². The van der Waals surface area contributed by atoms with Gasteiger partial charge in [0.1, 0.15) is 11.6 Å². The fourth-order valence-electron chi connectivity index (χ4n) is 4.68. The Kier molecular flexibility index (Phi) is 5.51. The number of benzene rings is 2. The lowest BCUT2D eigenvalue weighted by molar-refractivity contribution is -0.163. The van der Waals surface area contributed by atoms with Crippen LogP contribution in [0.25, 0.3) is 22.0 Å². The number of rotatable bonds is 4. The molecule has 1 spiro atoms. The number of hydrogen-bond acceptors (Lipinski definition) is 4. The first-order valence-electron chi connectivity index (χ1n) is 10.8. The highest BCUT2D eigenvalue weighted by molar-refractivity contribution is 6.33. The molecule has 2 aliphatic rings. The smallest absolute Gasteiger partial charge is 0.263 e. The number of likely N-dealkylation sites (tertiary alicyclic amines) is 1. The van der Waals surface area contributed by atoms with Crippen LogP contribution in [-0.4, -0.2) is 48.2 Å². The second kappa shape index (κ2) is 8.34. The van der Waals surface area contributed by atoms with Gasteiger partial charge < -0.3 is 14.4 Å². The van der Waals surface area contributed by atoms with Gasteiger partial charge in [0.25, 0.3) is 5.91 Å². The molecule has 3 heterocycles. The molecular formula is C25H24ClFN2O3. The predicted octanol–water partition coefficient (Wildman–Crippen LogP) is 5.10. The number of carbonyl (C=O) groups is 1. The van der Waals surface area contributed by atoms with Gasteiger partial charge in [-0.3, -0.25) is 9.78 Å². The first-order chi connectivity index (χ1) is 15.4. The van der Waals surface area contributed by atoms with Gasteiger partial charge in [0, 0.05) is 41.7 Å². The van der Waals surface area contributed by atoms with Gasteiger partial charge in [0.05, 0.1) is 23.8 Å². The third-order valence-corrected chi connectivity index (χ3v) is 6.70. The third kappa shape index (κ3) is 3.93. The molecule has 1 aromatic heterocycles. The zero-order valence-corrected chi connectivity index (χ0v) is 18.6. The lowest BCUT2D eigenvalue weighted by atomic mass is 9.78. The summed E-state index contributed by atoms with van der Waals surface area (Å²) in [5.41, 5.74) is 2.44. The highest BCUT2D eigenvalue weighted by Crippen LogP contribution is 2.37. The van der Waals surface area contributed by atoms with E-state index in [0.717, 1.165) is 55.7 Å². The van der Waals surface area contributed by atoms with Crippen LogP contribution >= 0.6 is 11.6 Å². The summed E-state index contributed by atoms with van der Waals surface area (Å²) in [4.78, 5) is 19.4. The number of nitrogens with zero attached hydrogens (tertiary/aromatic N) is 2. The van der Waals surface area contributed by atoms with Crippen LogP contribution in [-0.2, 0) is 9.53 Å². The van der Waals surface area contributed by atoms with E-state index in [-0.39, 0.29) is 17.1 Å². The molecule has 0 unspecified atom stereocenters. The maximum Gasteiger partial charge on any atom is 0.263 e. The molecule has 166 valence electrons. The lowest BCUT2D eigenvalue weighted by Gasteiger charge is -2.48. The number of ether oxygens (including phenoxy) is 2. The number of fused-ring (bicyclic) bond motifs is 1. The Hall–Kier alpha value is -2.70. The number of amides is 1. The van der Waals surface area contributed by atoms with Gasteiger partial charge in [-0.1, -0.05) is 11.6 Å². The van der Waals surface area contributed by atoms with E-state index in [9.17, 15) is 9.18 Å². The van der Waals surface area contributed by atoms with Crippen molar-refractivity contribution in [2.24, 2.45) is 5.41 Å². The van der Waals surface area contributed by atoms with Crippen molar-refractivity contribution in [3.8, 4) is 16.9 Å². The van der Waals surface area contributed by atoms with Crippen molar-refractivity contribution in [3.05, 3.63) is 59.5 Å². The van der Waals surface area contributed by atoms with E-state index in [0.29, 0.717) is 16.3 Å². The molecule has 32 heavy (non-hydrogen) atoms. The molecule has 3 aromatic rings. The van der Waals surface area contributed by atoms with E-state index >= 15 is 0 Å². The van der Waals surface area contributed by atoms with E-state index in [4.69, 9.17) is 21.1 Å². The van der Waals surface area contributed by atoms with Crippen LogP contribution in [0.1, 0.15) is 19.8 Å². The molecule has 0 aliphatic carbocycles. The summed E-state index contributed by atoms with van der Waals surface area (Å²) in [6.07, 6.45) is 3.20. The molecule has 0 radical (unpaired) electrons. The Morgan fingerprint density at radius 1 is 1.22 bits per heavy atom. The largest absolute Gasteiger partial charge is 0.481 e. The summed E-state index contributed by atoms with van der Waals surface area (Å²) >= 11 is 6.27. The van der Waals surface area contributed by atoms with E-state index in [1.165, 1.54) is 12.1 Å². The molecule has 5 rings (SSSR count). The maximum atomic E-state index is 13.5. The van der Waals surface area contributed by atoms with Crippen LogP contribution in [0, 0.1) is 11.2 Å². The second-order valence-electron chi connectivity index (χ2n) is 8.78. The average Bonchev–Trinajstić information content (AvgIpc) is 2.77. The van der Waals surface area contributed by atoms with Gasteiger partial charge in [0.15, 0.2) is 6.10 Å². The van der Waals surface area contributed by atoms with E-state index in [1.54, 1.807) is 19.2 Å². The summed E-state index contributed by atoms with van der Waals surface area (Å²) in [5, 5.41) is 1.21. The number of aromatic nitrogens is 1. The fraction of sp³-hybridized carbons (Fsp3) is 0.360. The van der Waals surface area contributed by atoms with Crippen molar-refractivity contribution in [1.82, 2.24) is 9.88 Å². The van der Waals surface area contributed by atoms with Crippen molar-refractivity contribution in [3.63, 3.8) is 0 Å². The van der Waals surface area contributed by atoms with Gasteiger partial charge in [-0.15, -0.1) is 0 Å². The van der Waals surface area contributed by atoms with Gasteiger partial charge >= 0.3 is 0 Å². The number of pyridine rings is 1. The van der Waals surface area contributed by atoms with Gasteiger partial charge in [-0.05, 0) is 61.7 Å². The van der Waals surface area contributed by atoms with Crippen LogP contribution < -0.4 is 4.74 Å². The van der Waals surface area contributed by atoms with Crippen molar-refractivity contribution < 1.29 is 18.7 Å². The molecule has 0 bridgehead atoms. The Bertz CT molecular complexity index is 1180. The number of carbonyl (C=O) groups excluding carboxylic acids is 1. The minimum Gasteiger partial charge on any atom is -0.481 e. The lowest BCUT2D eigenvalue weighted by Crippen LogP contribution is -2.57. The highest BCUT2D eigenvalue weighted by Gasteiger charge is 2.43. The van der Waals surface area contributed by atoms with Crippen LogP contribution in [0.4, 0.5) is 4.39 Å². The van der Waals surface area contributed by atoms with E-state index in [2.05, 4.69) is 4.98 Å². The SMILES string of the molecule is C[C@@H](Oc1ccc2c(-c3ccc(F)cc3Cl)ccnc2c1)C(=O)N1CCCC2(COC2)C1. The highest BCUT2D eigenvalue weighted by atomic mass is 35.5. The third-order valence-electron chi connectivity index (χ3n) is 6.39. The minimum atomic E-state index is -0.599. The van der Waals surface area contributed by atoms with Crippen molar-refractivity contribution in [2.75, 3.05) is 26.3 Å². The number of halogens is 2. The monoisotopic (exact) mass is 454 g/mol. The first kappa shape index (κ1) is 21.2.